The molecule has 0 spiro atoms. The van der Waals surface area contributed by atoms with Gasteiger partial charge in [0.15, 0.2) is 4.80 Å². The van der Waals surface area contributed by atoms with Crippen molar-refractivity contribution >= 4 is 50.2 Å². The van der Waals surface area contributed by atoms with Crippen molar-refractivity contribution in [1.29, 1.82) is 0 Å². The van der Waals surface area contributed by atoms with E-state index in [0.29, 0.717) is 31.9 Å². The van der Waals surface area contributed by atoms with Gasteiger partial charge in [0.1, 0.15) is 11.8 Å². The second kappa shape index (κ2) is 9.79. The number of allylic oxidation sites excluding steroid dienone is 1. The summed E-state index contributed by atoms with van der Waals surface area (Å²) in [7, 11) is 3.55. The first-order valence-corrected chi connectivity index (χ1v) is 13.4. The first-order chi connectivity index (χ1) is 17.7. The molecule has 1 aliphatic rings. The lowest BCUT2D eigenvalue weighted by Gasteiger charge is -2.26. The molecule has 0 unspecified atom stereocenters. The van der Waals surface area contributed by atoms with Gasteiger partial charge in [0, 0.05) is 39.7 Å². The van der Waals surface area contributed by atoms with E-state index in [9.17, 15) is 9.59 Å². The van der Waals surface area contributed by atoms with Crippen LogP contribution in [0.15, 0.2) is 74.2 Å². The Kier molecular flexibility index (Phi) is 6.68. The summed E-state index contributed by atoms with van der Waals surface area (Å²) < 4.78 is 16.2. The van der Waals surface area contributed by atoms with Crippen LogP contribution in [0.3, 0.4) is 0 Å². The van der Waals surface area contributed by atoms with Crippen molar-refractivity contribution in [2.75, 3.05) is 7.11 Å². The number of rotatable bonds is 5. The van der Waals surface area contributed by atoms with E-state index in [2.05, 4.69) is 20.9 Å². The van der Waals surface area contributed by atoms with Gasteiger partial charge in [-0.25, -0.2) is 9.79 Å². The maximum atomic E-state index is 14.0. The van der Waals surface area contributed by atoms with Crippen molar-refractivity contribution in [2.24, 2.45) is 12.0 Å². The summed E-state index contributed by atoms with van der Waals surface area (Å²) in [5, 5.41) is 1.05. The van der Waals surface area contributed by atoms with Crippen LogP contribution < -0.4 is 19.6 Å². The van der Waals surface area contributed by atoms with Crippen LogP contribution in [0.5, 0.6) is 5.75 Å². The largest absolute Gasteiger partial charge is 0.496 e. The topological polar surface area (TPSA) is 74.8 Å². The summed E-state index contributed by atoms with van der Waals surface area (Å²) in [4.78, 5) is 32.5. The molecule has 7 nitrogen and oxygen atoms in total. The number of carbonyl (C=O) groups excluding carboxylic acids is 1. The van der Waals surface area contributed by atoms with Gasteiger partial charge in [-0.1, -0.05) is 45.5 Å². The normalized spacial score (nSPS) is 15.8. The van der Waals surface area contributed by atoms with Gasteiger partial charge in [-0.2, -0.15) is 0 Å². The van der Waals surface area contributed by atoms with Crippen LogP contribution in [0.2, 0.25) is 0 Å². The number of aromatic nitrogens is 2. The molecule has 0 saturated carbocycles. The fourth-order valence-electron chi connectivity index (χ4n) is 4.70. The van der Waals surface area contributed by atoms with Crippen molar-refractivity contribution in [3.63, 3.8) is 0 Å². The minimum absolute atomic E-state index is 0.231. The average Bonchev–Trinajstić information content (AvgIpc) is 3.33. The fraction of sp³-hybridized carbons (Fsp3) is 0.250. The molecule has 0 N–H and O–H groups in total. The first-order valence-electron chi connectivity index (χ1n) is 11.8. The zero-order valence-electron chi connectivity index (χ0n) is 21.1. The average molecular weight is 581 g/mol. The number of halogens is 1. The molecular formula is C28H26BrN3O4S. The molecule has 1 atom stereocenters. The molecule has 2 aromatic heterocycles. The molecule has 0 bridgehead atoms. The van der Waals surface area contributed by atoms with Crippen molar-refractivity contribution in [3.8, 4) is 5.75 Å². The predicted molar refractivity (Wildman–Crippen MR) is 149 cm³/mol. The molecule has 0 amide bonds. The number of methoxy groups -OCH3 is 1. The smallest absolute Gasteiger partial charge is 0.338 e. The first kappa shape index (κ1) is 25.2. The Morgan fingerprint density at radius 1 is 1.22 bits per heavy atom. The highest BCUT2D eigenvalue weighted by atomic mass is 79.9. The van der Waals surface area contributed by atoms with Gasteiger partial charge >= 0.3 is 5.97 Å². The van der Waals surface area contributed by atoms with Crippen LogP contribution >= 0.6 is 27.3 Å². The third kappa shape index (κ3) is 4.46. The molecule has 0 aliphatic carbocycles. The van der Waals surface area contributed by atoms with Crippen LogP contribution in [0.1, 0.15) is 37.9 Å². The SMILES string of the molecule is COc1ccc(Br)cc1[C@H]1C(C(=O)OC(C)C)=C(C)N=c2s/c(=C\c3cn(C)c4ccccc34)c(=O)n21. The molecule has 2 aromatic carbocycles. The standard InChI is InChI=1S/C28H26BrN3O4S/c1-15(2)36-27(34)24-16(3)30-28-32(25(24)20-13-18(29)10-11-22(20)35-5)26(33)23(37-28)12-17-14-31(4)21-9-7-6-8-19(17)21/h6-15,25H,1-5H3/b23-12-/t25-/m0/s1. The molecule has 0 fully saturated rings. The van der Waals surface area contributed by atoms with E-state index in [0.717, 1.165) is 20.9 Å². The lowest BCUT2D eigenvalue weighted by Crippen LogP contribution is -2.40. The second-order valence-electron chi connectivity index (χ2n) is 9.13. The highest BCUT2D eigenvalue weighted by Crippen LogP contribution is 2.37. The molecule has 0 saturated heterocycles. The minimum Gasteiger partial charge on any atom is -0.496 e. The quantitative estimate of drug-likeness (QED) is 0.327. The summed E-state index contributed by atoms with van der Waals surface area (Å²) >= 11 is 4.84. The van der Waals surface area contributed by atoms with Gasteiger partial charge in [-0.3, -0.25) is 9.36 Å². The molecular weight excluding hydrogens is 554 g/mol. The number of hydrogen-bond donors (Lipinski definition) is 0. The maximum Gasteiger partial charge on any atom is 0.338 e. The van der Waals surface area contributed by atoms with E-state index in [-0.39, 0.29) is 11.7 Å². The van der Waals surface area contributed by atoms with Crippen LogP contribution in [-0.4, -0.2) is 28.3 Å². The molecule has 0 radical (unpaired) electrons. The predicted octanol–water partition coefficient (Wildman–Crippen LogP) is 4.45. The number of nitrogens with zero attached hydrogens (tertiary/aromatic N) is 3. The summed E-state index contributed by atoms with van der Waals surface area (Å²) in [6, 6.07) is 12.8. The number of para-hydroxylation sites is 1. The molecule has 190 valence electrons. The number of carbonyl (C=O) groups is 1. The number of benzene rings is 2. The Bertz CT molecular complexity index is 1760. The van der Waals surface area contributed by atoms with E-state index >= 15 is 0 Å². The zero-order chi connectivity index (χ0) is 26.4. The summed E-state index contributed by atoms with van der Waals surface area (Å²) in [5.41, 5.74) is 3.28. The highest BCUT2D eigenvalue weighted by Gasteiger charge is 2.35. The van der Waals surface area contributed by atoms with E-state index in [1.165, 1.54) is 11.3 Å². The van der Waals surface area contributed by atoms with Gasteiger partial charge in [0.2, 0.25) is 0 Å². The number of fused-ring (bicyclic) bond motifs is 2. The summed E-state index contributed by atoms with van der Waals surface area (Å²) in [6.07, 6.45) is 3.58. The van der Waals surface area contributed by atoms with Crippen LogP contribution in [0.4, 0.5) is 0 Å². The van der Waals surface area contributed by atoms with Crippen molar-refractivity contribution in [1.82, 2.24) is 9.13 Å². The van der Waals surface area contributed by atoms with E-state index < -0.39 is 12.0 Å². The molecule has 1 aliphatic heterocycles. The Morgan fingerprint density at radius 3 is 2.70 bits per heavy atom. The van der Waals surface area contributed by atoms with Crippen LogP contribution in [0.25, 0.3) is 17.0 Å². The maximum absolute atomic E-state index is 14.0. The van der Waals surface area contributed by atoms with Crippen LogP contribution in [-0.2, 0) is 16.6 Å². The Balaban J connectivity index is 1.78. The van der Waals surface area contributed by atoms with Crippen molar-refractivity contribution in [3.05, 3.63) is 95.2 Å². The molecule has 9 heteroatoms. The van der Waals surface area contributed by atoms with E-state index in [1.807, 2.05) is 66.4 Å². The van der Waals surface area contributed by atoms with E-state index in [4.69, 9.17) is 9.47 Å². The van der Waals surface area contributed by atoms with Gasteiger partial charge in [0.25, 0.3) is 5.56 Å². The minimum atomic E-state index is -0.760. The van der Waals surface area contributed by atoms with Gasteiger partial charge in [-0.05, 0) is 51.1 Å². The molecule has 3 heterocycles. The third-order valence-corrected chi connectivity index (χ3v) is 7.76. The van der Waals surface area contributed by atoms with Crippen molar-refractivity contribution < 1.29 is 14.3 Å². The molecule has 5 rings (SSSR count). The Hall–Kier alpha value is -3.43. The molecule has 37 heavy (non-hydrogen) atoms. The third-order valence-electron chi connectivity index (χ3n) is 6.29. The monoisotopic (exact) mass is 579 g/mol. The summed E-state index contributed by atoms with van der Waals surface area (Å²) in [5.74, 6) is 0.0491. The van der Waals surface area contributed by atoms with Gasteiger partial charge < -0.3 is 14.0 Å². The lowest BCUT2D eigenvalue weighted by atomic mass is 9.95. The van der Waals surface area contributed by atoms with E-state index in [1.54, 1.807) is 32.4 Å². The number of aryl methyl sites for hydroxylation is 1. The number of ether oxygens (including phenoxy) is 2. The number of thiazole rings is 1. The second-order valence-corrected chi connectivity index (χ2v) is 11.1. The lowest BCUT2D eigenvalue weighted by molar-refractivity contribution is -0.143. The molecule has 4 aromatic rings. The summed E-state index contributed by atoms with van der Waals surface area (Å²) in [6.45, 7) is 5.36. The number of hydrogen-bond acceptors (Lipinski definition) is 6. The Labute approximate surface area is 226 Å². The highest BCUT2D eigenvalue weighted by molar-refractivity contribution is 9.10. The van der Waals surface area contributed by atoms with Gasteiger partial charge in [-0.15, -0.1) is 0 Å². The van der Waals surface area contributed by atoms with Gasteiger partial charge in [0.05, 0.1) is 29.0 Å². The Morgan fingerprint density at radius 2 is 1.97 bits per heavy atom. The zero-order valence-corrected chi connectivity index (χ0v) is 23.5. The number of esters is 1. The van der Waals surface area contributed by atoms with Crippen LogP contribution in [0, 0.1) is 0 Å². The fourth-order valence-corrected chi connectivity index (χ4v) is 6.12. The van der Waals surface area contributed by atoms with Crippen molar-refractivity contribution in [2.45, 2.75) is 32.9 Å².